The lowest BCUT2D eigenvalue weighted by atomic mass is 9.81. The molecule has 5 aromatic carbocycles. The molecule has 0 N–H and O–H groups in total. The highest BCUT2D eigenvalue weighted by Gasteiger charge is 2.21. The summed E-state index contributed by atoms with van der Waals surface area (Å²) in [6.45, 7) is 0. The Morgan fingerprint density at radius 3 is 1.80 bits per heavy atom. The lowest BCUT2D eigenvalue weighted by Gasteiger charge is -2.23. The minimum absolute atomic E-state index is 0.933. The summed E-state index contributed by atoms with van der Waals surface area (Å²) in [5.41, 5.74) is 18.4. The quantitative estimate of drug-likeness (QED) is 0.169. The Morgan fingerprint density at radius 2 is 1.12 bits per heavy atom. The molecule has 50 heavy (non-hydrogen) atoms. The zero-order valence-corrected chi connectivity index (χ0v) is 27.7. The number of hydrogen-bond acceptors (Lipinski definition) is 2. The number of pyridine rings is 2. The largest absolute Gasteiger partial charge is 0.256 e. The summed E-state index contributed by atoms with van der Waals surface area (Å²) in [4.78, 5) is 10.2. The van der Waals surface area contributed by atoms with E-state index < -0.39 is 0 Å². The van der Waals surface area contributed by atoms with E-state index >= 15 is 0 Å². The van der Waals surface area contributed by atoms with E-state index in [4.69, 9.17) is 9.97 Å². The van der Waals surface area contributed by atoms with Gasteiger partial charge in [0.05, 0.1) is 17.1 Å². The molecule has 0 saturated carbocycles. The second kappa shape index (κ2) is 13.0. The maximum atomic E-state index is 5.17. The molecule has 2 aliphatic carbocycles. The highest BCUT2D eigenvalue weighted by Crippen LogP contribution is 2.41. The summed E-state index contributed by atoms with van der Waals surface area (Å²) in [5, 5.41) is 0. The molecule has 9 rings (SSSR count). The Bertz CT molecular complexity index is 2390. The molecular weight excluding hydrogens is 605 g/mol. The topological polar surface area (TPSA) is 25.8 Å². The molecule has 0 unspecified atom stereocenters. The first-order valence-corrected chi connectivity index (χ1v) is 17.4. The van der Waals surface area contributed by atoms with Crippen molar-refractivity contribution >= 4 is 6.08 Å². The number of aromatic nitrogens is 2. The molecule has 2 heterocycles. The first kappa shape index (κ1) is 29.8. The van der Waals surface area contributed by atoms with Crippen molar-refractivity contribution in [3.63, 3.8) is 0 Å². The van der Waals surface area contributed by atoms with Crippen molar-refractivity contribution in [3.05, 3.63) is 174 Å². The summed E-state index contributed by atoms with van der Waals surface area (Å²) in [7, 11) is 0. The third-order valence-corrected chi connectivity index (χ3v) is 9.87. The van der Waals surface area contributed by atoms with Crippen LogP contribution in [0.5, 0.6) is 0 Å². The van der Waals surface area contributed by atoms with E-state index in [1.807, 2.05) is 12.3 Å². The number of allylic oxidation sites excluding steroid dienone is 1. The van der Waals surface area contributed by atoms with Gasteiger partial charge in [-0.3, -0.25) is 4.98 Å². The Morgan fingerprint density at radius 1 is 0.480 bits per heavy atom. The van der Waals surface area contributed by atoms with E-state index in [1.54, 1.807) is 0 Å². The Hall–Kier alpha value is -6.30. The predicted octanol–water partition coefficient (Wildman–Crippen LogP) is 11.7. The fourth-order valence-electron chi connectivity index (χ4n) is 7.36. The van der Waals surface area contributed by atoms with Crippen LogP contribution in [0.25, 0.3) is 73.2 Å². The van der Waals surface area contributed by atoms with Crippen molar-refractivity contribution in [2.75, 3.05) is 0 Å². The average molecular weight is 639 g/mol. The molecule has 2 heteroatoms. The number of hydrogen-bond donors (Lipinski definition) is 0. The number of benzene rings is 5. The van der Waals surface area contributed by atoms with Crippen LogP contribution < -0.4 is 0 Å². The normalized spacial score (nSPS) is 12.8. The Balaban J connectivity index is 1.27. The molecular formula is C48H34N2. The third-order valence-electron chi connectivity index (χ3n) is 9.87. The molecule has 0 fully saturated rings. The maximum Gasteiger partial charge on any atom is 0.0715 e. The SMILES string of the molecule is C1#Cc2cc(-c3cc(-c4cc(-c5ccccc5)nc(-c5ccccc5)c4)cc(-c4ccc(-c5ccccc5)cn4)c3)c3c(c2CC1)CCC=C3. The molecule has 2 aliphatic rings. The third kappa shape index (κ3) is 5.74. The molecule has 0 saturated heterocycles. The van der Waals surface area contributed by atoms with E-state index in [0.29, 0.717) is 0 Å². The zero-order valence-electron chi connectivity index (χ0n) is 27.7. The van der Waals surface area contributed by atoms with Crippen LogP contribution in [-0.4, -0.2) is 9.97 Å². The van der Waals surface area contributed by atoms with E-state index in [-0.39, 0.29) is 0 Å². The first-order chi connectivity index (χ1) is 24.8. The highest BCUT2D eigenvalue weighted by atomic mass is 14.7. The van der Waals surface area contributed by atoms with Crippen molar-refractivity contribution in [2.45, 2.75) is 25.7 Å². The van der Waals surface area contributed by atoms with Gasteiger partial charge in [-0.1, -0.05) is 121 Å². The van der Waals surface area contributed by atoms with Crippen LogP contribution in [0.15, 0.2) is 152 Å². The summed E-state index contributed by atoms with van der Waals surface area (Å²) in [6.07, 6.45) is 10.7. The predicted molar refractivity (Wildman–Crippen MR) is 207 cm³/mol. The lowest BCUT2D eigenvalue weighted by molar-refractivity contribution is 0.915. The molecule has 0 atom stereocenters. The van der Waals surface area contributed by atoms with Crippen LogP contribution in [-0.2, 0) is 12.8 Å². The van der Waals surface area contributed by atoms with Gasteiger partial charge in [0.25, 0.3) is 0 Å². The van der Waals surface area contributed by atoms with Crippen molar-refractivity contribution in [3.8, 4) is 79.0 Å². The smallest absolute Gasteiger partial charge is 0.0715 e. The zero-order chi connectivity index (χ0) is 33.3. The molecule has 0 radical (unpaired) electrons. The molecule has 236 valence electrons. The van der Waals surface area contributed by atoms with Gasteiger partial charge in [-0.05, 0) is 106 Å². The fraction of sp³-hybridized carbons (Fsp3) is 0.0833. The lowest BCUT2D eigenvalue weighted by Crippen LogP contribution is -2.07. The Labute approximate surface area is 293 Å². The van der Waals surface area contributed by atoms with Gasteiger partial charge in [-0.25, -0.2) is 4.98 Å². The summed E-state index contributed by atoms with van der Waals surface area (Å²) < 4.78 is 0. The van der Waals surface area contributed by atoms with Crippen molar-refractivity contribution < 1.29 is 0 Å². The minimum atomic E-state index is 0.933. The van der Waals surface area contributed by atoms with Gasteiger partial charge < -0.3 is 0 Å². The van der Waals surface area contributed by atoms with Gasteiger partial charge in [0.2, 0.25) is 0 Å². The van der Waals surface area contributed by atoms with Crippen molar-refractivity contribution in [1.29, 1.82) is 0 Å². The molecule has 2 aromatic heterocycles. The van der Waals surface area contributed by atoms with Crippen LogP contribution in [0.2, 0.25) is 0 Å². The average Bonchev–Trinajstić information content (AvgIpc) is 3.21. The molecule has 7 aromatic rings. The molecule has 0 aliphatic heterocycles. The molecule has 0 bridgehead atoms. The summed E-state index contributed by atoms with van der Waals surface area (Å²) in [5.74, 6) is 6.87. The van der Waals surface area contributed by atoms with Gasteiger partial charge in [-0.15, -0.1) is 0 Å². The summed E-state index contributed by atoms with van der Waals surface area (Å²) in [6, 6.07) is 49.4. The molecule has 2 nitrogen and oxygen atoms in total. The van der Waals surface area contributed by atoms with Crippen LogP contribution in [0.1, 0.15) is 35.1 Å². The van der Waals surface area contributed by atoms with Gasteiger partial charge in [0.15, 0.2) is 0 Å². The van der Waals surface area contributed by atoms with E-state index in [0.717, 1.165) is 81.7 Å². The van der Waals surface area contributed by atoms with E-state index in [2.05, 4.69) is 157 Å². The number of nitrogens with zero attached hydrogens (tertiary/aromatic N) is 2. The second-order valence-electron chi connectivity index (χ2n) is 13.0. The van der Waals surface area contributed by atoms with Crippen molar-refractivity contribution in [1.82, 2.24) is 9.97 Å². The van der Waals surface area contributed by atoms with Crippen LogP contribution in [0.4, 0.5) is 0 Å². The van der Waals surface area contributed by atoms with Gasteiger partial charge in [0, 0.05) is 40.4 Å². The van der Waals surface area contributed by atoms with Gasteiger partial charge in [-0.2, -0.15) is 0 Å². The van der Waals surface area contributed by atoms with Gasteiger partial charge >= 0.3 is 0 Å². The molecule has 0 spiro atoms. The van der Waals surface area contributed by atoms with Crippen LogP contribution in [0, 0.1) is 11.8 Å². The fourth-order valence-corrected chi connectivity index (χ4v) is 7.36. The maximum absolute atomic E-state index is 5.17. The van der Waals surface area contributed by atoms with Crippen LogP contribution in [0.3, 0.4) is 0 Å². The standard InChI is InChI=1S/C48H34N2/c1-4-14-33(15-5-1)37-24-25-46(49-32-37)41-27-38(26-40(28-41)45-29-36-20-10-11-21-42(36)43-22-12-13-23-44(43)45)39-30-47(34-16-6-2-7-17-34)50-48(31-39)35-18-8-3-9-19-35/h1-9,13-19,23-32H,11-12,21-22H2. The molecule has 0 amide bonds. The monoisotopic (exact) mass is 638 g/mol. The first-order valence-electron chi connectivity index (χ1n) is 17.4. The van der Waals surface area contributed by atoms with E-state index in [9.17, 15) is 0 Å². The Kier molecular flexibility index (Phi) is 7.72. The number of fused-ring (bicyclic) bond motifs is 3. The van der Waals surface area contributed by atoms with Crippen LogP contribution >= 0.6 is 0 Å². The minimum Gasteiger partial charge on any atom is -0.256 e. The summed E-state index contributed by atoms with van der Waals surface area (Å²) >= 11 is 0. The van der Waals surface area contributed by atoms with Crippen molar-refractivity contribution in [2.24, 2.45) is 0 Å². The highest BCUT2D eigenvalue weighted by molar-refractivity contribution is 5.88. The number of rotatable bonds is 6. The van der Waals surface area contributed by atoms with E-state index in [1.165, 1.54) is 33.4 Å². The van der Waals surface area contributed by atoms with Gasteiger partial charge in [0.1, 0.15) is 0 Å². The second-order valence-corrected chi connectivity index (χ2v) is 13.0.